The summed E-state index contributed by atoms with van der Waals surface area (Å²) >= 11 is 0. The van der Waals surface area contributed by atoms with Crippen LogP contribution < -0.4 is 9.13 Å². The monoisotopic (exact) mass is 640 g/mol. The Morgan fingerprint density at radius 3 is 1.14 bits per heavy atom. The van der Waals surface area contributed by atoms with Crippen LogP contribution in [0.1, 0.15) is 31.8 Å². The number of benzene rings is 6. The van der Waals surface area contributed by atoms with Crippen molar-refractivity contribution in [2.75, 3.05) is 7.11 Å². The molecule has 0 aliphatic rings. The number of esters is 1. The van der Waals surface area contributed by atoms with Gasteiger partial charge in [-0.1, -0.05) is 72.8 Å². The van der Waals surface area contributed by atoms with Crippen molar-refractivity contribution < 1.29 is 28.6 Å². The molecule has 0 aliphatic carbocycles. The lowest BCUT2D eigenvalue weighted by Gasteiger charge is -2.16. The first-order valence-corrected chi connectivity index (χ1v) is 16.2. The molecule has 0 amide bonds. The number of aromatic nitrogens is 2. The molecule has 0 aliphatic heterocycles. The van der Waals surface area contributed by atoms with E-state index in [1.54, 1.807) is 12.1 Å². The molecule has 0 spiro atoms. The fourth-order valence-electron chi connectivity index (χ4n) is 7.09. The average Bonchev–Trinajstić information content (AvgIpc) is 3.15. The minimum atomic E-state index is -0.931. The van der Waals surface area contributed by atoms with E-state index in [2.05, 4.69) is 106 Å². The van der Waals surface area contributed by atoms with E-state index in [-0.39, 0.29) is 11.5 Å². The molecule has 6 heteroatoms. The number of rotatable bonds is 7. The van der Waals surface area contributed by atoms with Crippen LogP contribution in [0.3, 0.4) is 0 Å². The van der Waals surface area contributed by atoms with Crippen LogP contribution >= 0.6 is 0 Å². The van der Waals surface area contributed by atoms with Crippen molar-refractivity contribution in [2.24, 2.45) is 0 Å². The molecule has 1 N–H and O–H groups in total. The highest BCUT2D eigenvalue weighted by Crippen LogP contribution is 2.41. The summed E-state index contributed by atoms with van der Waals surface area (Å²) < 4.78 is 9.60. The summed E-state index contributed by atoms with van der Waals surface area (Å²) in [6.45, 7) is 1.21. The Morgan fingerprint density at radius 1 is 0.490 bits per heavy atom. The van der Waals surface area contributed by atoms with Gasteiger partial charge in [0.15, 0.2) is 13.1 Å². The van der Waals surface area contributed by atoms with Crippen molar-refractivity contribution in [3.8, 4) is 11.1 Å². The number of ether oxygens (including phenoxy) is 1. The molecular weight excluding hydrogens is 608 g/mol. The van der Waals surface area contributed by atoms with Crippen LogP contribution in [0.25, 0.3) is 54.7 Å². The first-order chi connectivity index (χ1) is 24.0. The molecule has 0 atom stereocenters. The Morgan fingerprint density at radius 2 is 0.816 bits per heavy atom. The summed E-state index contributed by atoms with van der Waals surface area (Å²) in [6, 6.07) is 49.0. The van der Waals surface area contributed by atoms with E-state index in [1.807, 2.05) is 36.4 Å². The lowest BCUT2D eigenvalue weighted by atomic mass is 9.90. The number of methoxy groups -OCH3 is 1. The van der Waals surface area contributed by atoms with Gasteiger partial charge in [-0.2, -0.15) is 9.13 Å². The summed E-state index contributed by atoms with van der Waals surface area (Å²) in [4.78, 5) is 23.6. The number of fused-ring (bicyclic) bond motifs is 4. The lowest BCUT2D eigenvalue weighted by Crippen LogP contribution is -2.37. The Balaban J connectivity index is 1.38. The van der Waals surface area contributed by atoms with Crippen LogP contribution in [0, 0.1) is 0 Å². The predicted octanol–water partition coefficient (Wildman–Crippen LogP) is 8.12. The fourth-order valence-corrected chi connectivity index (χ4v) is 7.09. The summed E-state index contributed by atoms with van der Waals surface area (Å²) in [5.74, 6) is -1.28. The van der Waals surface area contributed by atoms with Gasteiger partial charge in [0.05, 0.1) is 39.8 Å². The van der Waals surface area contributed by atoms with Gasteiger partial charge in [0.25, 0.3) is 0 Å². The number of hydrogen-bond donors (Lipinski definition) is 1. The molecule has 0 saturated carbocycles. The fraction of sp³-hybridized carbons (Fsp3) is 0.0698. The molecule has 236 valence electrons. The number of aromatic carboxylic acids is 1. The smallest absolute Gasteiger partial charge is 0.337 e. The van der Waals surface area contributed by atoms with Crippen molar-refractivity contribution in [3.63, 3.8) is 0 Å². The van der Waals surface area contributed by atoms with E-state index >= 15 is 0 Å². The van der Waals surface area contributed by atoms with E-state index < -0.39 is 5.97 Å². The second kappa shape index (κ2) is 12.3. The van der Waals surface area contributed by atoms with Crippen LogP contribution in [0.2, 0.25) is 0 Å². The van der Waals surface area contributed by atoms with Crippen molar-refractivity contribution in [3.05, 3.63) is 168 Å². The van der Waals surface area contributed by atoms with Gasteiger partial charge in [-0.05, 0) is 48.5 Å². The zero-order valence-corrected chi connectivity index (χ0v) is 26.8. The number of carboxylic acid groups (broad SMARTS) is 1. The molecule has 8 aromatic rings. The molecule has 49 heavy (non-hydrogen) atoms. The Bertz CT molecular complexity index is 2460. The normalized spacial score (nSPS) is 11.4. The van der Waals surface area contributed by atoms with Crippen LogP contribution in [-0.4, -0.2) is 24.2 Å². The van der Waals surface area contributed by atoms with Crippen LogP contribution in [0.5, 0.6) is 0 Å². The van der Waals surface area contributed by atoms with Gasteiger partial charge in [0, 0.05) is 46.5 Å². The van der Waals surface area contributed by atoms with Crippen molar-refractivity contribution in [1.29, 1.82) is 0 Å². The topological polar surface area (TPSA) is 71.4 Å². The second-order valence-corrected chi connectivity index (χ2v) is 12.2. The van der Waals surface area contributed by atoms with Gasteiger partial charge in [-0.3, -0.25) is 0 Å². The number of pyridine rings is 2. The Hall–Kier alpha value is -6.40. The average molecular weight is 641 g/mol. The molecule has 8 rings (SSSR count). The van der Waals surface area contributed by atoms with Crippen LogP contribution in [0.4, 0.5) is 0 Å². The zero-order valence-electron chi connectivity index (χ0n) is 26.8. The zero-order chi connectivity index (χ0) is 33.5. The molecule has 0 bridgehead atoms. The van der Waals surface area contributed by atoms with Crippen molar-refractivity contribution in [1.82, 2.24) is 0 Å². The first kappa shape index (κ1) is 30.0. The van der Waals surface area contributed by atoms with Crippen LogP contribution in [-0.2, 0) is 17.8 Å². The molecule has 0 saturated heterocycles. The third-order valence-electron chi connectivity index (χ3n) is 9.36. The SMILES string of the molecule is COC(=O)c1ccc(C[n+]2c3ccccc3c(-c3c4ccccc4[n+](Cc4ccc(C(=O)O)cc4)c4ccccc34)c3ccccc32)cc1. The van der Waals surface area contributed by atoms with E-state index in [0.29, 0.717) is 18.7 Å². The summed E-state index contributed by atoms with van der Waals surface area (Å²) in [5.41, 5.74) is 9.65. The maximum absolute atomic E-state index is 12.1. The predicted molar refractivity (Wildman–Crippen MR) is 192 cm³/mol. The van der Waals surface area contributed by atoms with Gasteiger partial charge in [0.2, 0.25) is 22.1 Å². The lowest BCUT2D eigenvalue weighted by molar-refractivity contribution is -0.636. The number of nitrogens with zero attached hydrogens (tertiary/aromatic N) is 2. The highest BCUT2D eigenvalue weighted by Gasteiger charge is 2.27. The van der Waals surface area contributed by atoms with E-state index in [1.165, 1.54) is 18.2 Å². The first-order valence-electron chi connectivity index (χ1n) is 16.2. The summed E-state index contributed by atoms with van der Waals surface area (Å²) in [7, 11) is 1.40. The molecule has 0 unspecified atom stereocenters. The van der Waals surface area contributed by atoms with Gasteiger partial charge in [0.1, 0.15) is 0 Å². The largest absolute Gasteiger partial charge is 0.478 e. The third kappa shape index (κ3) is 5.24. The minimum absolute atomic E-state index is 0.275. The summed E-state index contributed by atoms with van der Waals surface area (Å²) in [5, 5.41) is 14.0. The van der Waals surface area contributed by atoms with Crippen LogP contribution in [0.15, 0.2) is 146 Å². The molecule has 0 fully saturated rings. The second-order valence-electron chi connectivity index (χ2n) is 12.2. The van der Waals surface area contributed by atoms with Gasteiger partial charge < -0.3 is 9.84 Å². The molecular formula is C43H32N2O4+2. The van der Waals surface area contributed by atoms with Crippen molar-refractivity contribution >= 4 is 55.6 Å². The number of carbonyl (C=O) groups excluding carboxylic acids is 1. The van der Waals surface area contributed by atoms with E-state index in [9.17, 15) is 14.7 Å². The molecule has 0 radical (unpaired) electrons. The van der Waals surface area contributed by atoms with E-state index in [0.717, 1.165) is 54.7 Å². The van der Waals surface area contributed by atoms with Gasteiger partial charge in [-0.25, -0.2) is 9.59 Å². The maximum Gasteiger partial charge on any atom is 0.337 e. The summed E-state index contributed by atoms with van der Waals surface area (Å²) in [6.07, 6.45) is 0. The maximum atomic E-state index is 12.1. The standard InChI is InChI=1S/C43H31N2O4/c1-49-43(48)31-24-20-29(21-25-31)27-45-38-16-8-4-12-34(38)41(35-13-5-9-17-39(35)45)40-32-10-2-6-14-36(32)44(37-15-7-3-11-33(37)40)26-28-18-22-30(23-19-28)42(46)47/h2-25H,26-27H2,1H3/q+1/p+1. The third-order valence-corrected chi connectivity index (χ3v) is 9.36. The number of carbonyl (C=O) groups is 2. The van der Waals surface area contributed by atoms with Gasteiger partial charge in [-0.15, -0.1) is 0 Å². The number of carboxylic acids is 1. The van der Waals surface area contributed by atoms with Crippen molar-refractivity contribution in [2.45, 2.75) is 13.1 Å². The van der Waals surface area contributed by atoms with E-state index in [4.69, 9.17) is 4.74 Å². The number of para-hydroxylation sites is 4. The Kier molecular flexibility index (Phi) is 7.54. The molecule has 2 heterocycles. The Labute approximate surface area is 282 Å². The molecule has 6 nitrogen and oxygen atoms in total. The van der Waals surface area contributed by atoms with Gasteiger partial charge >= 0.3 is 11.9 Å². The highest BCUT2D eigenvalue weighted by molar-refractivity contribution is 6.18. The quantitative estimate of drug-likeness (QED) is 0.109. The molecule has 2 aromatic heterocycles. The number of hydrogen-bond acceptors (Lipinski definition) is 3. The highest BCUT2D eigenvalue weighted by atomic mass is 16.5. The minimum Gasteiger partial charge on any atom is -0.478 e. The molecule has 6 aromatic carbocycles.